The standard InChI is InChI=1S/C23H31F2N5O2/c1-23(2,3)20(22(32)26-4)28-21(31)19-17-13-29(5)9-6-10-30(17)18(27-19)11-14-7-8-15(24)12-16(14)25/h7-8,12,20H,6,9-11,13H2,1-5H3,(H,26,32)(H,28,31). The number of imidazole rings is 1. The van der Waals surface area contributed by atoms with Crippen molar-refractivity contribution in [1.82, 2.24) is 25.1 Å². The van der Waals surface area contributed by atoms with Gasteiger partial charge in [0.25, 0.3) is 5.91 Å². The van der Waals surface area contributed by atoms with Crippen LogP contribution >= 0.6 is 0 Å². The topological polar surface area (TPSA) is 79.3 Å². The van der Waals surface area contributed by atoms with Crippen LogP contribution in [0.5, 0.6) is 0 Å². The number of hydrogen-bond acceptors (Lipinski definition) is 4. The summed E-state index contributed by atoms with van der Waals surface area (Å²) in [5.41, 5.74) is 0.754. The molecule has 0 spiro atoms. The second-order valence-corrected chi connectivity index (χ2v) is 9.37. The first-order valence-electron chi connectivity index (χ1n) is 10.7. The molecule has 1 aliphatic rings. The molecule has 0 aliphatic carbocycles. The van der Waals surface area contributed by atoms with Crippen LogP contribution in [0.1, 0.15) is 54.8 Å². The highest BCUT2D eigenvalue weighted by Gasteiger charge is 2.34. The van der Waals surface area contributed by atoms with Gasteiger partial charge in [-0.25, -0.2) is 13.8 Å². The number of likely N-dealkylation sites (N-methyl/N-ethyl adjacent to an activating group) is 1. The van der Waals surface area contributed by atoms with E-state index in [1.54, 1.807) is 0 Å². The van der Waals surface area contributed by atoms with E-state index >= 15 is 0 Å². The Kier molecular flexibility index (Phi) is 6.97. The van der Waals surface area contributed by atoms with Crippen molar-refractivity contribution in [3.63, 3.8) is 0 Å². The molecule has 0 saturated carbocycles. The van der Waals surface area contributed by atoms with E-state index in [1.165, 1.54) is 19.2 Å². The normalized spacial score (nSPS) is 15.6. The largest absolute Gasteiger partial charge is 0.357 e. The van der Waals surface area contributed by atoms with Crippen LogP contribution in [0.4, 0.5) is 8.78 Å². The Bertz CT molecular complexity index is 1010. The highest BCUT2D eigenvalue weighted by atomic mass is 19.1. The van der Waals surface area contributed by atoms with Gasteiger partial charge in [0, 0.05) is 32.6 Å². The van der Waals surface area contributed by atoms with Gasteiger partial charge in [-0.2, -0.15) is 0 Å². The number of fused-ring (bicyclic) bond motifs is 1. The Balaban J connectivity index is 2.00. The summed E-state index contributed by atoms with van der Waals surface area (Å²) in [7, 11) is 3.49. The predicted molar refractivity (Wildman–Crippen MR) is 117 cm³/mol. The van der Waals surface area contributed by atoms with Gasteiger partial charge >= 0.3 is 0 Å². The fourth-order valence-electron chi connectivity index (χ4n) is 3.97. The minimum atomic E-state index is -0.751. The summed E-state index contributed by atoms with van der Waals surface area (Å²) >= 11 is 0. The lowest BCUT2D eigenvalue weighted by molar-refractivity contribution is -0.124. The van der Waals surface area contributed by atoms with Crippen molar-refractivity contribution in [1.29, 1.82) is 0 Å². The summed E-state index contributed by atoms with van der Waals surface area (Å²) in [5.74, 6) is -1.48. The molecule has 3 rings (SSSR count). The fourth-order valence-corrected chi connectivity index (χ4v) is 3.97. The van der Waals surface area contributed by atoms with E-state index in [0.717, 1.165) is 24.7 Å². The van der Waals surface area contributed by atoms with Crippen molar-refractivity contribution in [3.05, 3.63) is 52.6 Å². The van der Waals surface area contributed by atoms with E-state index in [-0.39, 0.29) is 18.0 Å². The lowest BCUT2D eigenvalue weighted by atomic mass is 9.86. The average Bonchev–Trinajstić information content (AvgIpc) is 2.91. The van der Waals surface area contributed by atoms with Crippen molar-refractivity contribution in [3.8, 4) is 0 Å². The van der Waals surface area contributed by atoms with Gasteiger partial charge in [-0.1, -0.05) is 26.8 Å². The minimum Gasteiger partial charge on any atom is -0.357 e. The van der Waals surface area contributed by atoms with Gasteiger partial charge in [0.15, 0.2) is 5.69 Å². The highest BCUT2D eigenvalue weighted by Crippen LogP contribution is 2.24. The third-order valence-corrected chi connectivity index (χ3v) is 5.72. The van der Waals surface area contributed by atoms with E-state index in [1.807, 2.05) is 32.4 Å². The van der Waals surface area contributed by atoms with Crippen molar-refractivity contribution in [2.75, 3.05) is 20.6 Å². The van der Waals surface area contributed by atoms with E-state index in [4.69, 9.17) is 0 Å². The van der Waals surface area contributed by atoms with Crippen LogP contribution in [0, 0.1) is 17.0 Å². The Labute approximate surface area is 187 Å². The number of carbonyl (C=O) groups excluding carboxylic acids is 2. The molecule has 2 amide bonds. The summed E-state index contributed by atoms with van der Waals surface area (Å²) in [4.78, 5) is 32.4. The predicted octanol–water partition coefficient (Wildman–Crippen LogP) is 2.48. The lowest BCUT2D eigenvalue weighted by Crippen LogP contribution is -2.53. The van der Waals surface area contributed by atoms with Gasteiger partial charge in [0.05, 0.1) is 5.69 Å². The van der Waals surface area contributed by atoms with E-state index in [0.29, 0.717) is 24.5 Å². The molecule has 0 radical (unpaired) electrons. The molecule has 2 heterocycles. The molecule has 7 nitrogen and oxygen atoms in total. The summed E-state index contributed by atoms with van der Waals surface area (Å²) in [6.07, 6.45) is 0.983. The maximum absolute atomic E-state index is 14.3. The molecule has 0 bridgehead atoms. The molecule has 174 valence electrons. The number of amides is 2. The van der Waals surface area contributed by atoms with Gasteiger partial charge in [-0.3, -0.25) is 9.59 Å². The summed E-state index contributed by atoms with van der Waals surface area (Å²) in [6.45, 7) is 7.60. The zero-order chi connectivity index (χ0) is 23.6. The van der Waals surface area contributed by atoms with Crippen LogP contribution in [-0.2, 0) is 24.3 Å². The fraction of sp³-hybridized carbons (Fsp3) is 0.522. The zero-order valence-corrected chi connectivity index (χ0v) is 19.3. The molecule has 32 heavy (non-hydrogen) atoms. The van der Waals surface area contributed by atoms with Crippen molar-refractivity contribution >= 4 is 11.8 Å². The molecule has 0 saturated heterocycles. The molecule has 1 aromatic carbocycles. The summed E-state index contributed by atoms with van der Waals surface area (Å²) < 4.78 is 29.6. The van der Waals surface area contributed by atoms with Gasteiger partial charge in [0.1, 0.15) is 23.5 Å². The number of carbonyl (C=O) groups is 2. The van der Waals surface area contributed by atoms with Gasteiger partial charge in [-0.05, 0) is 37.1 Å². The van der Waals surface area contributed by atoms with Crippen LogP contribution in [0.15, 0.2) is 18.2 Å². The first-order chi connectivity index (χ1) is 15.0. The molecule has 1 aliphatic heterocycles. The second-order valence-electron chi connectivity index (χ2n) is 9.37. The van der Waals surface area contributed by atoms with E-state index in [9.17, 15) is 18.4 Å². The Morgan fingerprint density at radius 3 is 2.56 bits per heavy atom. The van der Waals surface area contributed by atoms with E-state index in [2.05, 4.69) is 20.5 Å². The molecular weight excluding hydrogens is 416 g/mol. The smallest absolute Gasteiger partial charge is 0.272 e. The first-order valence-corrected chi connectivity index (χ1v) is 10.7. The van der Waals surface area contributed by atoms with Crippen molar-refractivity contribution in [2.24, 2.45) is 5.41 Å². The SMILES string of the molecule is CNC(=O)C(NC(=O)c1nc(Cc2ccc(F)cc2F)n2c1CN(C)CCC2)C(C)(C)C. The van der Waals surface area contributed by atoms with Crippen LogP contribution < -0.4 is 10.6 Å². The molecule has 1 unspecified atom stereocenters. The van der Waals surface area contributed by atoms with Crippen LogP contribution in [0.3, 0.4) is 0 Å². The maximum atomic E-state index is 14.3. The number of halogens is 2. The number of nitrogens with zero attached hydrogens (tertiary/aromatic N) is 3. The molecule has 2 N–H and O–H groups in total. The molecule has 1 atom stereocenters. The average molecular weight is 448 g/mol. The Hall–Kier alpha value is -2.81. The lowest BCUT2D eigenvalue weighted by Gasteiger charge is -2.29. The summed E-state index contributed by atoms with van der Waals surface area (Å²) in [5, 5.41) is 5.43. The number of hydrogen-bond donors (Lipinski definition) is 2. The highest BCUT2D eigenvalue weighted by molar-refractivity contribution is 5.97. The van der Waals surface area contributed by atoms with Gasteiger partial charge in [-0.15, -0.1) is 0 Å². The summed E-state index contributed by atoms with van der Waals surface area (Å²) in [6, 6.07) is 2.71. The van der Waals surface area contributed by atoms with Crippen LogP contribution in [-0.4, -0.2) is 52.9 Å². The molecule has 1 aromatic heterocycles. The number of aromatic nitrogens is 2. The third-order valence-electron chi connectivity index (χ3n) is 5.72. The van der Waals surface area contributed by atoms with Crippen molar-refractivity contribution < 1.29 is 18.4 Å². The maximum Gasteiger partial charge on any atom is 0.272 e. The molecular formula is C23H31F2N5O2. The Morgan fingerprint density at radius 2 is 1.94 bits per heavy atom. The number of rotatable bonds is 5. The quantitative estimate of drug-likeness (QED) is 0.738. The third kappa shape index (κ3) is 5.15. The van der Waals surface area contributed by atoms with E-state index < -0.39 is 29.0 Å². The second kappa shape index (κ2) is 9.36. The van der Waals surface area contributed by atoms with Crippen LogP contribution in [0.25, 0.3) is 0 Å². The Morgan fingerprint density at radius 1 is 1.22 bits per heavy atom. The monoisotopic (exact) mass is 447 g/mol. The minimum absolute atomic E-state index is 0.133. The number of nitrogens with one attached hydrogen (secondary N) is 2. The molecule has 2 aromatic rings. The molecule has 0 fully saturated rings. The first kappa shape index (κ1) is 23.8. The number of benzene rings is 1. The van der Waals surface area contributed by atoms with Crippen LogP contribution in [0.2, 0.25) is 0 Å². The molecule has 9 heteroatoms. The van der Waals surface area contributed by atoms with Gasteiger partial charge < -0.3 is 20.1 Å². The van der Waals surface area contributed by atoms with Gasteiger partial charge in [0.2, 0.25) is 5.91 Å². The van der Waals surface area contributed by atoms with Crippen molar-refractivity contribution in [2.45, 2.75) is 52.7 Å². The zero-order valence-electron chi connectivity index (χ0n) is 19.3.